The molecule has 0 N–H and O–H groups in total. The molecule has 4 aliphatic rings. The van der Waals surface area contributed by atoms with Gasteiger partial charge in [-0.3, -0.25) is 4.90 Å². The molecule has 2 fully saturated rings. The summed E-state index contributed by atoms with van der Waals surface area (Å²) in [5, 5.41) is 0. The van der Waals surface area contributed by atoms with Gasteiger partial charge in [0.05, 0.1) is 0 Å². The molecule has 0 radical (unpaired) electrons. The second-order valence-corrected chi connectivity index (χ2v) is 10.4. The van der Waals surface area contributed by atoms with E-state index in [0.29, 0.717) is 12.5 Å². The van der Waals surface area contributed by atoms with Gasteiger partial charge in [-0.05, 0) is 54.9 Å². The molecular formula is C19H27N3O4S. The van der Waals surface area contributed by atoms with E-state index >= 15 is 0 Å². The lowest BCUT2D eigenvalue weighted by atomic mass is 9.77. The average molecular weight is 394 g/mol. The summed E-state index contributed by atoms with van der Waals surface area (Å²) in [5.74, 6) is 2.07. The molecule has 0 unspecified atom stereocenters. The van der Waals surface area contributed by atoms with Gasteiger partial charge in [-0.1, -0.05) is 0 Å². The van der Waals surface area contributed by atoms with Crippen LogP contribution < -0.4 is 9.47 Å². The largest absolute Gasteiger partial charge is 0.454 e. The summed E-state index contributed by atoms with van der Waals surface area (Å²) in [6.07, 6.45) is 3.92. The number of hydrogen-bond acceptors (Lipinski definition) is 5. The smallest absolute Gasteiger partial charge is 0.281 e. The van der Waals surface area contributed by atoms with Crippen molar-refractivity contribution in [1.82, 2.24) is 13.5 Å². The van der Waals surface area contributed by atoms with Gasteiger partial charge in [0.15, 0.2) is 11.5 Å². The lowest BCUT2D eigenvalue weighted by Gasteiger charge is -2.52. The predicted molar refractivity (Wildman–Crippen MR) is 101 cm³/mol. The molecular weight excluding hydrogens is 366 g/mol. The first kappa shape index (κ1) is 17.7. The number of piperidine rings is 2. The third-order valence-electron chi connectivity index (χ3n) is 6.66. The Morgan fingerprint density at radius 1 is 1.15 bits per heavy atom. The second kappa shape index (κ2) is 6.34. The Hall–Kier alpha value is -1.35. The molecule has 0 spiro atoms. The van der Waals surface area contributed by atoms with Gasteiger partial charge in [0.2, 0.25) is 6.79 Å². The molecule has 148 valence electrons. The van der Waals surface area contributed by atoms with Gasteiger partial charge in [0.25, 0.3) is 10.2 Å². The molecule has 27 heavy (non-hydrogen) atoms. The van der Waals surface area contributed by atoms with E-state index in [9.17, 15) is 8.42 Å². The zero-order valence-corrected chi connectivity index (χ0v) is 16.7. The number of rotatable bonds is 2. The lowest BCUT2D eigenvalue weighted by Crippen LogP contribution is -2.59. The first-order chi connectivity index (χ1) is 12.9. The van der Waals surface area contributed by atoms with Crippen LogP contribution in [0.1, 0.15) is 36.4 Å². The van der Waals surface area contributed by atoms with Crippen molar-refractivity contribution < 1.29 is 17.9 Å². The Bertz CT molecular complexity index is 857. The topological polar surface area (TPSA) is 62.3 Å². The monoisotopic (exact) mass is 393 g/mol. The van der Waals surface area contributed by atoms with Crippen molar-refractivity contribution in [2.75, 3.05) is 40.5 Å². The van der Waals surface area contributed by atoms with Gasteiger partial charge in [0, 0.05) is 45.8 Å². The summed E-state index contributed by atoms with van der Waals surface area (Å²) in [4.78, 5) is 2.55. The van der Waals surface area contributed by atoms with Crippen LogP contribution in [0, 0.1) is 5.92 Å². The number of hydrogen-bond donors (Lipinski definition) is 0. The van der Waals surface area contributed by atoms with E-state index in [0.717, 1.165) is 50.3 Å². The molecule has 2 saturated heterocycles. The molecule has 1 aromatic carbocycles. The summed E-state index contributed by atoms with van der Waals surface area (Å²) in [7, 11) is -0.132. The summed E-state index contributed by atoms with van der Waals surface area (Å²) in [6.45, 7) is 2.91. The van der Waals surface area contributed by atoms with Crippen LogP contribution in [0.5, 0.6) is 11.5 Å². The Balaban J connectivity index is 1.49. The Morgan fingerprint density at radius 2 is 1.93 bits per heavy atom. The van der Waals surface area contributed by atoms with Gasteiger partial charge in [-0.25, -0.2) is 0 Å². The summed E-state index contributed by atoms with van der Waals surface area (Å²) < 4.78 is 40.1. The average Bonchev–Trinajstić information content (AvgIpc) is 3.11. The standard InChI is InChI=1S/C19H27N3O4S/c1-20(2)27(23,24)22-6-3-4-14-11-21-7-5-13-8-18-19(26-12-25-18)9-15(13)17(21)10-16(14)22/h8-9,14,16-17H,3-7,10-12H2,1-2H3/t14-,16+,17+/m1/s1. The Morgan fingerprint density at radius 3 is 2.70 bits per heavy atom. The second-order valence-electron chi connectivity index (χ2n) is 8.27. The number of benzene rings is 1. The first-order valence-electron chi connectivity index (χ1n) is 9.81. The highest BCUT2D eigenvalue weighted by atomic mass is 32.2. The fourth-order valence-corrected chi connectivity index (χ4v) is 6.67. The van der Waals surface area contributed by atoms with Gasteiger partial charge in [0.1, 0.15) is 0 Å². The van der Waals surface area contributed by atoms with Crippen LogP contribution >= 0.6 is 0 Å². The van der Waals surface area contributed by atoms with Crippen LogP contribution in [-0.4, -0.2) is 68.5 Å². The molecule has 8 heteroatoms. The fraction of sp³-hybridized carbons (Fsp3) is 0.684. The lowest BCUT2D eigenvalue weighted by molar-refractivity contribution is 0.0203. The maximum atomic E-state index is 12.9. The van der Waals surface area contributed by atoms with Crippen molar-refractivity contribution in [2.45, 2.75) is 37.8 Å². The van der Waals surface area contributed by atoms with Gasteiger partial charge in [-0.2, -0.15) is 17.0 Å². The quantitative estimate of drug-likeness (QED) is 0.764. The fourth-order valence-electron chi connectivity index (χ4n) is 5.29. The number of nitrogens with zero attached hydrogens (tertiary/aromatic N) is 3. The third-order valence-corrected chi connectivity index (χ3v) is 8.63. The molecule has 5 rings (SSSR count). The van der Waals surface area contributed by atoms with Crippen molar-refractivity contribution in [3.8, 4) is 11.5 Å². The van der Waals surface area contributed by atoms with Crippen molar-refractivity contribution >= 4 is 10.2 Å². The molecule has 3 atom stereocenters. The van der Waals surface area contributed by atoms with Gasteiger partial charge >= 0.3 is 0 Å². The number of fused-ring (bicyclic) bond motifs is 5. The van der Waals surface area contributed by atoms with Gasteiger partial charge in [-0.15, -0.1) is 0 Å². The van der Waals surface area contributed by atoms with Crippen LogP contribution in [0.4, 0.5) is 0 Å². The normalized spacial score (nSPS) is 30.7. The van der Waals surface area contributed by atoms with E-state index in [-0.39, 0.29) is 18.9 Å². The zero-order chi connectivity index (χ0) is 18.8. The highest BCUT2D eigenvalue weighted by Crippen LogP contribution is 2.46. The van der Waals surface area contributed by atoms with Crippen LogP contribution in [0.3, 0.4) is 0 Å². The van der Waals surface area contributed by atoms with E-state index in [1.54, 1.807) is 18.4 Å². The van der Waals surface area contributed by atoms with Crippen molar-refractivity contribution in [3.63, 3.8) is 0 Å². The van der Waals surface area contributed by atoms with E-state index < -0.39 is 10.2 Å². The van der Waals surface area contributed by atoms with Gasteiger partial charge < -0.3 is 9.47 Å². The van der Waals surface area contributed by atoms with Crippen LogP contribution in [0.15, 0.2) is 12.1 Å². The van der Waals surface area contributed by atoms with Crippen molar-refractivity contribution in [1.29, 1.82) is 0 Å². The third kappa shape index (κ3) is 2.76. The molecule has 7 nitrogen and oxygen atoms in total. The van der Waals surface area contributed by atoms with E-state index in [2.05, 4.69) is 17.0 Å². The molecule has 1 aromatic rings. The molecule has 4 aliphatic heterocycles. The molecule has 0 bridgehead atoms. The van der Waals surface area contributed by atoms with Crippen LogP contribution in [0.2, 0.25) is 0 Å². The highest BCUT2D eigenvalue weighted by Gasteiger charge is 2.46. The molecule has 0 aliphatic carbocycles. The maximum absolute atomic E-state index is 12.9. The zero-order valence-electron chi connectivity index (χ0n) is 15.9. The summed E-state index contributed by atoms with van der Waals surface area (Å²) >= 11 is 0. The molecule has 0 amide bonds. The van der Waals surface area contributed by atoms with Crippen molar-refractivity contribution in [2.24, 2.45) is 5.92 Å². The minimum absolute atomic E-state index is 0.0729. The highest BCUT2D eigenvalue weighted by molar-refractivity contribution is 7.86. The van der Waals surface area contributed by atoms with E-state index in [4.69, 9.17) is 9.47 Å². The van der Waals surface area contributed by atoms with Crippen molar-refractivity contribution in [3.05, 3.63) is 23.3 Å². The minimum Gasteiger partial charge on any atom is -0.454 e. The summed E-state index contributed by atoms with van der Waals surface area (Å²) in [6, 6.07) is 4.57. The Kier molecular flexibility index (Phi) is 4.16. The molecule has 0 aromatic heterocycles. The predicted octanol–water partition coefficient (Wildman–Crippen LogP) is 1.61. The van der Waals surface area contributed by atoms with Crippen LogP contribution in [-0.2, 0) is 16.6 Å². The summed E-state index contributed by atoms with van der Waals surface area (Å²) in [5.41, 5.74) is 2.61. The number of ether oxygens (including phenoxy) is 2. The molecule has 0 saturated carbocycles. The molecule has 4 heterocycles. The van der Waals surface area contributed by atoms with E-state index in [1.165, 1.54) is 15.4 Å². The first-order valence-corrected chi connectivity index (χ1v) is 11.2. The van der Waals surface area contributed by atoms with Crippen LogP contribution in [0.25, 0.3) is 0 Å². The Labute approximate surface area is 161 Å². The SMILES string of the molecule is CN(C)S(=O)(=O)N1CCC[C@@H]2CN3CCc4cc5c(cc4[C@@H]3C[C@@H]21)OCO5. The van der Waals surface area contributed by atoms with E-state index in [1.807, 2.05) is 0 Å². The minimum atomic E-state index is -3.39. The maximum Gasteiger partial charge on any atom is 0.281 e.